The van der Waals surface area contributed by atoms with Crippen molar-refractivity contribution in [3.05, 3.63) is 56.6 Å². The van der Waals surface area contributed by atoms with Gasteiger partial charge in [0.1, 0.15) is 5.82 Å². The Balaban J connectivity index is 1.90. The number of rotatable bonds is 1. The van der Waals surface area contributed by atoms with Gasteiger partial charge in [-0.15, -0.1) is 0 Å². The van der Waals surface area contributed by atoms with Crippen LogP contribution in [0, 0.1) is 5.82 Å². The molecule has 0 bridgehead atoms. The second-order valence-electron chi connectivity index (χ2n) is 6.10. The van der Waals surface area contributed by atoms with Crippen LogP contribution in [0.25, 0.3) is 0 Å². The van der Waals surface area contributed by atoms with Gasteiger partial charge in [-0.1, -0.05) is 6.07 Å². The molecule has 23 heavy (non-hydrogen) atoms. The molecule has 1 aromatic rings. The maximum atomic E-state index is 13.6. The predicted octanol–water partition coefficient (Wildman–Crippen LogP) is 2.62. The zero-order valence-corrected chi connectivity index (χ0v) is 14.0. The number of nitrogens with zero attached hydrogens (tertiary/aromatic N) is 1. The highest BCUT2D eigenvalue weighted by Gasteiger charge is 2.44. The third kappa shape index (κ3) is 2.08. The van der Waals surface area contributed by atoms with E-state index in [9.17, 15) is 14.0 Å². The van der Waals surface area contributed by atoms with E-state index in [1.807, 2.05) is 0 Å². The van der Waals surface area contributed by atoms with Crippen molar-refractivity contribution in [3.8, 4) is 0 Å². The van der Waals surface area contributed by atoms with E-state index < -0.39 is 5.92 Å². The zero-order valence-electron chi connectivity index (χ0n) is 12.5. The molecular weight excluding hydrogens is 363 g/mol. The summed E-state index contributed by atoms with van der Waals surface area (Å²) in [4.78, 5) is 26.6. The molecule has 0 aromatic heterocycles. The number of nitrogens with one attached hydrogen (secondary N) is 1. The molecule has 4 nitrogen and oxygen atoms in total. The maximum absolute atomic E-state index is 13.6. The van der Waals surface area contributed by atoms with Crippen molar-refractivity contribution < 1.29 is 14.0 Å². The normalized spacial score (nSPS) is 23.4. The lowest BCUT2D eigenvalue weighted by Crippen LogP contribution is -2.27. The highest BCUT2D eigenvalue weighted by Crippen LogP contribution is 2.45. The Kier molecular flexibility index (Phi) is 3.20. The lowest BCUT2D eigenvalue weighted by atomic mass is 9.81. The van der Waals surface area contributed by atoms with Crippen molar-refractivity contribution in [2.75, 3.05) is 13.6 Å². The molecule has 0 spiro atoms. The van der Waals surface area contributed by atoms with Gasteiger partial charge in [-0.25, -0.2) is 4.39 Å². The minimum atomic E-state index is -0.411. The number of likely N-dealkylation sites (N-methyl/N-ethyl adjacent to an activating group) is 1. The summed E-state index contributed by atoms with van der Waals surface area (Å²) >= 11 is 3.20. The first kappa shape index (κ1) is 14.6. The fourth-order valence-electron chi connectivity index (χ4n) is 3.63. The molecular formula is C17H14BrFN2O2. The predicted molar refractivity (Wildman–Crippen MR) is 85.9 cm³/mol. The van der Waals surface area contributed by atoms with Gasteiger partial charge in [0, 0.05) is 36.4 Å². The van der Waals surface area contributed by atoms with Crippen LogP contribution in [-0.4, -0.2) is 30.2 Å². The van der Waals surface area contributed by atoms with Gasteiger partial charge in [0.25, 0.3) is 5.91 Å². The molecule has 118 valence electrons. The second-order valence-corrected chi connectivity index (χ2v) is 6.95. The Morgan fingerprint density at radius 3 is 2.74 bits per heavy atom. The Morgan fingerprint density at radius 1 is 1.22 bits per heavy atom. The quantitative estimate of drug-likeness (QED) is 0.819. The van der Waals surface area contributed by atoms with Gasteiger partial charge in [-0.05, 0) is 40.0 Å². The van der Waals surface area contributed by atoms with Crippen LogP contribution in [0.3, 0.4) is 0 Å². The number of hydrogen-bond donors (Lipinski definition) is 1. The molecule has 6 heteroatoms. The van der Waals surface area contributed by atoms with Crippen LogP contribution in [0.2, 0.25) is 0 Å². The average Bonchev–Trinajstić information content (AvgIpc) is 3.02. The Hall–Kier alpha value is -1.95. The fourth-order valence-corrected chi connectivity index (χ4v) is 4.02. The van der Waals surface area contributed by atoms with E-state index in [-0.39, 0.29) is 17.5 Å². The number of halogens is 2. The molecule has 1 aromatic carbocycles. The maximum Gasteiger partial charge on any atom is 0.252 e. The number of Topliss-reactive ketones (excluding diaryl/α,β-unsaturated/α-hetero) is 1. The number of ketones is 1. The van der Waals surface area contributed by atoms with Gasteiger partial charge in [0.05, 0.1) is 16.6 Å². The standard InChI is InChI=1S/C17H14BrFN2O2/c1-21-7-12-16(17(21)23)14(8-2-3-10(19)9(18)6-8)15-11(20-12)4-5-13(15)22/h2-3,6,14,20H,4-5,7H2,1H3. The summed E-state index contributed by atoms with van der Waals surface area (Å²) in [6.45, 7) is 0.512. The van der Waals surface area contributed by atoms with E-state index in [4.69, 9.17) is 0 Å². The lowest BCUT2D eigenvalue weighted by molar-refractivity contribution is -0.124. The highest BCUT2D eigenvalue weighted by atomic mass is 79.9. The minimum Gasteiger partial charge on any atom is -0.360 e. The first-order valence-electron chi connectivity index (χ1n) is 7.44. The van der Waals surface area contributed by atoms with Crippen molar-refractivity contribution in [1.82, 2.24) is 10.2 Å². The number of allylic oxidation sites excluding steroid dienone is 2. The van der Waals surface area contributed by atoms with Crippen molar-refractivity contribution >= 4 is 27.6 Å². The Bertz CT molecular complexity index is 828. The minimum absolute atomic E-state index is 0.0619. The molecule has 0 fully saturated rings. The van der Waals surface area contributed by atoms with Crippen LogP contribution >= 0.6 is 15.9 Å². The summed E-state index contributed by atoms with van der Waals surface area (Å²) in [7, 11) is 1.74. The summed E-state index contributed by atoms with van der Waals surface area (Å²) in [6, 6.07) is 4.69. The Labute approximate surface area is 141 Å². The number of amides is 1. The lowest BCUT2D eigenvalue weighted by Gasteiger charge is -2.26. The molecule has 2 heterocycles. The number of carbonyl (C=O) groups excluding carboxylic acids is 2. The second kappa shape index (κ2) is 5.03. The first-order valence-corrected chi connectivity index (χ1v) is 8.23. The van der Waals surface area contributed by atoms with E-state index >= 15 is 0 Å². The third-order valence-electron chi connectivity index (χ3n) is 4.68. The molecule has 0 saturated heterocycles. The number of benzene rings is 1. The van der Waals surface area contributed by atoms with Gasteiger partial charge in [-0.3, -0.25) is 9.59 Å². The van der Waals surface area contributed by atoms with E-state index in [1.165, 1.54) is 6.07 Å². The van der Waals surface area contributed by atoms with Crippen molar-refractivity contribution in [2.45, 2.75) is 18.8 Å². The molecule has 0 radical (unpaired) electrons. The summed E-state index contributed by atoms with van der Waals surface area (Å²) in [5, 5.41) is 3.28. The average molecular weight is 377 g/mol. The summed E-state index contributed by atoms with van der Waals surface area (Å²) in [6.07, 6.45) is 1.13. The summed E-state index contributed by atoms with van der Waals surface area (Å²) in [5.41, 5.74) is 3.79. The van der Waals surface area contributed by atoms with Crippen molar-refractivity contribution in [1.29, 1.82) is 0 Å². The molecule has 4 rings (SSSR count). The van der Waals surface area contributed by atoms with Gasteiger partial charge in [0.15, 0.2) is 5.78 Å². The first-order chi connectivity index (χ1) is 11.0. The van der Waals surface area contributed by atoms with Crippen LogP contribution in [-0.2, 0) is 9.59 Å². The van der Waals surface area contributed by atoms with Crippen LogP contribution in [0.1, 0.15) is 24.3 Å². The molecule has 1 N–H and O–H groups in total. The molecule has 2 aliphatic heterocycles. The largest absolute Gasteiger partial charge is 0.360 e. The van der Waals surface area contributed by atoms with Crippen LogP contribution in [0.4, 0.5) is 4.39 Å². The molecule has 1 unspecified atom stereocenters. The number of dihydropyridines is 1. The van der Waals surface area contributed by atoms with Gasteiger partial charge < -0.3 is 10.2 Å². The van der Waals surface area contributed by atoms with E-state index in [1.54, 1.807) is 24.1 Å². The van der Waals surface area contributed by atoms with Crippen LogP contribution in [0.5, 0.6) is 0 Å². The van der Waals surface area contributed by atoms with E-state index in [0.717, 1.165) is 17.0 Å². The molecule has 1 atom stereocenters. The van der Waals surface area contributed by atoms with Crippen LogP contribution in [0.15, 0.2) is 45.2 Å². The summed E-state index contributed by atoms with van der Waals surface area (Å²) in [5.74, 6) is -0.791. The molecule has 0 saturated carbocycles. The monoisotopic (exact) mass is 376 g/mol. The van der Waals surface area contributed by atoms with E-state index in [0.29, 0.717) is 35.0 Å². The number of carbonyl (C=O) groups is 2. The van der Waals surface area contributed by atoms with E-state index in [2.05, 4.69) is 21.2 Å². The third-order valence-corrected chi connectivity index (χ3v) is 5.29. The van der Waals surface area contributed by atoms with Gasteiger partial charge in [0.2, 0.25) is 0 Å². The topological polar surface area (TPSA) is 49.4 Å². The molecule has 3 aliphatic rings. The van der Waals surface area contributed by atoms with Crippen molar-refractivity contribution in [3.63, 3.8) is 0 Å². The smallest absolute Gasteiger partial charge is 0.252 e. The molecule has 1 amide bonds. The summed E-state index contributed by atoms with van der Waals surface area (Å²) < 4.78 is 13.9. The zero-order chi connectivity index (χ0) is 16.3. The highest BCUT2D eigenvalue weighted by molar-refractivity contribution is 9.10. The van der Waals surface area contributed by atoms with Crippen molar-refractivity contribution in [2.24, 2.45) is 0 Å². The number of hydrogen-bond acceptors (Lipinski definition) is 3. The van der Waals surface area contributed by atoms with Crippen LogP contribution < -0.4 is 5.32 Å². The molecule has 1 aliphatic carbocycles. The van der Waals surface area contributed by atoms with Gasteiger partial charge >= 0.3 is 0 Å². The fraction of sp³-hybridized carbons (Fsp3) is 0.294. The SMILES string of the molecule is CN1CC2=C(C1=O)C(c1ccc(F)c(Br)c1)C1=C(CCC1=O)N2. The Morgan fingerprint density at radius 2 is 2.00 bits per heavy atom. The van der Waals surface area contributed by atoms with Gasteiger partial charge in [-0.2, -0.15) is 0 Å².